The molecule has 1 amide bonds. The largest absolute Gasteiger partial charge is 0.352 e. The molecule has 2 heteroatoms. The summed E-state index contributed by atoms with van der Waals surface area (Å²) in [7, 11) is 0. The van der Waals surface area contributed by atoms with Crippen LogP contribution in [0.15, 0.2) is 18.2 Å². The van der Waals surface area contributed by atoms with E-state index >= 15 is 0 Å². The van der Waals surface area contributed by atoms with Crippen LogP contribution in [0.1, 0.15) is 30.0 Å². The van der Waals surface area contributed by atoms with Gasteiger partial charge in [-0.05, 0) is 30.5 Å². The third kappa shape index (κ3) is 2.59. The molecule has 0 aliphatic carbocycles. The highest BCUT2D eigenvalue weighted by molar-refractivity contribution is 5.75. The van der Waals surface area contributed by atoms with Crippen molar-refractivity contribution in [1.82, 2.24) is 5.32 Å². The maximum absolute atomic E-state index is 11.1. The monoisotopic (exact) mass is 191 g/mol. The molecule has 0 bridgehead atoms. The van der Waals surface area contributed by atoms with Crippen molar-refractivity contribution in [3.8, 4) is 0 Å². The van der Waals surface area contributed by atoms with Crippen LogP contribution in [-0.2, 0) is 11.3 Å². The smallest absolute Gasteiger partial charge is 0.219 e. The molecular formula is C12H17NO. The Balaban J connectivity index is 2.68. The average Bonchev–Trinajstić information content (AvgIpc) is 2.20. The Kier molecular flexibility index (Phi) is 3.69. The van der Waals surface area contributed by atoms with E-state index in [2.05, 4.69) is 31.3 Å². The molecule has 0 spiro atoms. The maximum Gasteiger partial charge on any atom is 0.219 e. The van der Waals surface area contributed by atoms with Crippen molar-refractivity contribution in [2.45, 2.75) is 33.7 Å². The predicted octanol–water partition coefficient (Wildman–Crippen LogP) is 2.33. The van der Waals surface area contributed by atoms with Crippen LogP contribution in [0.4, 0.5) is 0 Å². The van der Waals surface area contributed by atoms with Crippen molar-refractivity contribution in [2.24, 2.45) is 0 Å². The van der Waals surface area contributed by atoms with E-state index in [0.717, 1.165) is 0 Å². The zero-order chi connectivity index (χ0) is 10.6. The van der Waals surface area contributed by atoms with Crippen LogP contribution in [-0.4, -0.2) is 5.91 Å². The van der Waals surface area contributed by atoms with Crippen molar-refractivity contribution in [3.63, 3.8) is 0 Å². The summed E-state index contributed by atoms with van der Waals surface area (Å²) in [5.74, 6) is 0.103. The quantitative estimate of drug-likeness (QED) is 0.780. The molecule has 0 saturated heterocycles. The fourth-order valence-electron chi connectivity index (χ4n) is 1.32. The minimum Gasteiger partial charge on any atom is -0.352 e. The lowest BCUT2D eigenvalue weighted by atomic mass is 10.0. The number of nitrogens with one attached hydrogen (secondary N) is 1. The van der Waals surface area contributed by atoms with Crippen LogP contribution in [0.3, 0.4) is 0 Å². The first-order valence-electron chi connectivity index (χ1n) is 4.97. The molecule has 0 aliphatic heterocycles. The predicted molar refractivity (Wildman–Crippen MR) is 58.1 cm³/mol. The third-order valence-corrected chi connectivity index (χ3v) is 2.51. The number of rotatable bonds is 3. The van der Waals surface area contributed by atoms with Crippen molar-refractivity contribution in [3.05, 3.63) is 34.9 Å². The SMILES string of the molecule is CCC(=O)NCc1cccc(C)c1C. The van der Waals surface area contributed by atoms with E-state index in [1.165, 1.54) is 16.7 Å². The molecule has 76 valence electrons. The maximum atomic E-state index is 11.1. The standard InChI is InChI=1S/C12H17NO/c1-4-12(14)13-8-11-7-5-6-9(2)10(11)3/h5-7H,4,8H2,1-3H3,(H,13,14). The van der Waals surface area contributed by atoms with Gasteiger partial charge < -0.3 is 5.32 Å². The first kappa shape index (κ1) is 10.8. The first-order chi connectivity index (χ1) is 6.65. The molecule has 1 N–H and O–H groups in total. The summed E-state index contributed by atoms with van der Waals surface area (Å²) >= 11 is 0. The molecule has 0 aliphatic rings. The number of carbonyl (C=O) groups is 1. The second-order valence-corrected chi connectivity index (χ2v) is 3.49. The van der Waals surface area contributed by atoms with E-state index in [1.807, 2.05) is 13.0 Å². The number of hydrogen-bond acceptors (Lipinski definition) is 1. The normalized spacial score (nSPS) is 9.93. The Bertz CT molecular complexity index is 331. The van der Waals surface area contributed by atoms with Gasteiger partial charge in [-0.25, -0.2) is 0 Å². The van der Waals surface area contributed by atoms with Gasteiger partial charge in [0.1, 0.15) is 0 Å². The van der Waals surface area contributed by atoms with E-state index in [-0.39, 0.29) is 5.91 Å². The number of amides is 1. The topological polar surface area (TPSA) is 29.1 Å². The average molecular weight is 191 g/mol. The highest BCUT2D eigenvalue weighted by Crippen LogP contribution is 2.12. The van der Waals surface area contributed by atoms with Gasteiger partial charge in [-0.1, -0.05) is 25.1 Å². The lowest BCUT2D eigenvalue weighted by molar-refractivity contribution is -0.120. The van der Waals surface area contributed by atoms with E-state index in [9.17, 15) is 4.79 Å². The zero-order valence-corrected chi connectivity index (χ0v) is 9.05. The van der Waals surface area contributed by atoms with Gasteiger partial charge in [0.2, 0.25) is 5.91 Å². The molecule has 1 aromatic rings. The summed E-state index contributed by atoms with van der Waals surface area (Å²) < 4.78 is 0. The molecule has 2 nitrogen and oxygen atoms in total. The van der Waals surface area contributed by atoms with Crippen molar-refractivity contribution >= 4 is 5.91 Å². The van der Waals surface area contributed by atoms with Gasteiger partial charge in [0.15, 0.2) is 0 Å². The molecule has 0 fully saturated rings. The van der Waals surface area contributed by atoms with Crippen molar-refractivity contribution in [2.75, 3.05) is 0 Å². The van der Waals surface area contributed by atoms with E-state index < -0.39 is 0 Å². The minimum absolute atomic E-state index is 0.103. The van der Waals surface area contributed by atoms with Gasteiger partial charge in [0.05, 0.1) is 0 Å². The molecule has 0 heterocycles. The Morgan fingerprint density at radius 3 is 2.71 bits per heavy atom. The van der Waals surface area contributed by atoms with Crippen LogP contribution >= 0.6 is 0 Å². The first-order valence-corrected chi connectivity index (χ1v) is 4.97. The molecule has 0 radical (unpaired) electrons. The van der Waals surface area contributed by atoms with Crippen LogP contribution < -0.4 is 5.32 Å². The fraction of sp³-hybridized carbons (Fsp3) is 0.417. The Hall–Kier alpha value is -1.31. The molecular weight excluding hydrogens is 174 g/mol. The Morgan fingerprint density at radius 2 is 2.07 bits per heavy atom. The summed E-state index contributed by atoms with van der Waals surface area (Å²) in [5, 5.41) is 2.88. The van der Waals surface area contributed by atoms with Crippen LogP contribution in [0, 0.1) is 13.8 Å². The summed E-state index contributed by atoms with van der Waals surface area (Å²) in [6.45, 7) is 6.67. The summed E-state index contributed by atoms with van der Waals surface area (Å²) in [4.78, 5) is 11.1. The molecule has 1 rings (SSSR count). The van der Waals surface area contributed by atoms with Gasteiger partial charge in [-0.15, -0.1) is 0 Å². The molecule has 0 aromatic heterocycles. The summed E-state index contributed by atoms with van der Waals surface area (Å²) in [6, 6.07) is 6.16. The van der Waals surface area contributed by atoms with Gasteiger partial charge in [-0.2, -0.15) is 0 Å². The van der Waals surface area contributed by atoms with Crippen LogP contribution in [0.2, 0.25) is 0 Å². The van der Waals surface area contributed by atoms with Gasteiger partial charge in [-0.3, -0.25) is 4.79 Å². The third-order valence-electron chi connectivity index (χ3n) is 2.51. The van der Waals surface area contributed by atoms with Gasteiger partial charge in [0, 0.05) is 13.0 Å². The van der Waals surface area contributed by atoms with E-state index in [4.69, 9.17) is 0 Å². The highest BCUT2D eigenvalue weighted by atomic mass is 16.1. The summed E-state index contributed by atoms with van der Waals surface area (Å²) in [6.07, 6.45) is 0.546. The summed E-state index contributed by atoms with van der Waals surface area (Å²) in [5.41, 5.74) is 3.74. The highest BCUT2D eigenvalue weighted by Gasteiger charge is 2.01. The van der Waals surface area contributed by atoms with E-state index in [1.54, 1.807) is 0 Å². The number of aryl methyl sites for hydroxylation is 1. The van der Waals surface area contributed by atoms with Gasteiger partial charge in [0.25, 0.3) is 0 Å². The number of hydrogen-bond donors (Lipinski definition) is 1. The van der Waals surface area contributed by atoms with E-state index in [0.29, 0.717) is 13.0 Å². The molecule has 14 heavy (non-hydrogen) atoms. The lowest BCUT2D eigenvalue weighted by Crippen LogP contribution is -2.21. The minimum atomic E-state index is 0.103. The molecule has 0 atom stereocenters. The molecule has 0 saturated carbocycles. The fourth-order valence-corrected chi connectivity index (χ4v) is 1.32. The van der Waals surface area contributed by atoms with Crippen LogP contribution in [0.5, 0.6) is 0 Å². The Labute approximate surface area is 85.3 Å². The van der Waals surface area contributed by atoms with Gasteiger partial charge >= 0.3 is 0 Å². The lowest BCUT2D eigenvalue weighted by Gasteiger charge is -2.09. The molecule has 0 unspecified atom stereocenters. The second-order valence-electron chi connectivity index (χ2n) is 3.49. The van der Waals surface area contributed by atoms with Crippen LogP contribution in [0.25, 0.3) is 0 Å². The number of carbonyl (C=O) groups excluding carboxylic acids is 1. The van der Waals surface area contributed by atoms with Crippen molar-refractivity contribution in [1.29, 1.82) is 0 Å². The number of benzene rings is 1. The second kappa shape index (κ2) is 4.80. The molecule has 1 aromatic carbocycles. The zero-order valence-electron chi connectivity index (χ0n) is 9.05. The van der Waals surface area contributed by atoms with Crippen molar-refractivity contribution < 1.29 is 4.79 Å². The Morgan fingerprint density at radius 1 is 1.36 bits per heavy atom.